The fourth-order valence-corrected chi connectivity index (χ4v) is 2.91. The number of benzene rings is 1. The molecule has 0 aliphatic heterocycles. The van der Waals surface area contributed by atoms with E-state index in [1.165, 1.54) is 11.1 Å². The Morgan fingerprint density at radius 1 is 1.39 bits per heavy atom. The fourth-order valence-electron chi connectivity index (χ4n) is 2.91. The van der Waals surface area contributed by atoms with Crippen molar-refractivity contribution in [3.05, 3.63) is 29.1 Å². The predicted molar refractivity (Wildman–Crippen MR) is 68.8 cm³/mol. The zero-order valence-electron chi connectivity index (χ0n) is 10.2. The van der Waals surface area contributed by atoms with Crippen LogP contribution in [0, 0.1) is 0 Å². The van der Waals surface area contributed by atoms with E-state index in [0.29, 0.717) is 0 Å². The van der Waals surface area contributed by atoms with Crippen molar-refractivity contribution in [3.63, 3.8) is 0 Å². The molecule has 4 nitrogen and oxygen atoms in total. The topological polar surface area (TPSA) is 55.1 Å². The van der Waals surface area contributed by atoms with Crippen molar-refractivity contribution in [1.82, 2.24) is 9.55 Å². The molecule has 3 rings (SSSR count). The summed E-state index contributed by atoms with van der Waals surface area (Å²) in [6, 6.07) is 1.89. The van der Waals surface area contributed by atoms with Crippen molar-refractivity contribution in [1.29, 1.82) is 0 Å². The number of aliphatic hydroxyl groups is 1. The number of imidazole rings is 1. The summed E-state index contributed by atoms with van der Waals surface area (Å²) >= 11 is 0. The highest BCUT2D eigenvalue weighted by Gasteiger charge is 2.20. The molecule has 4 heteroatoms. The van der Waals surface area contributed by atoms with E-state index in [2.05, 4.69) is 9.55 Å². The fraction of sp³-hybridized carbons (Fsp3) is 0.429. The first-order chi connectivity index (χ1) is 8.85. The van der Waals surface area contributed by atoms with Gasteiger partial charge < -0.3 is 9.67 Å². The molecule has 1 N–H and O–H groups in total. The molecule has 0 bridgehead atoms. The standard InChI is InChI=1S/C14H16N2O2/c17-6-2-5-16-9-15-13-7-10(8-18)11-3-1-4-12(11)14(13)16/h7-9,17H,1-6H2. The number of aliphatic hydroxyl groups excluding tert-OH is 1. The molecule has 1 heterocycles. The number of aldehydes is 1. The first kappa shape index (κ1) is 11.4. The van der Waals surface area contributed by atoms with Gasteiger partial charge in [-0.25, -0.2) is 4.98 Å². The summed E-state index contributed by atoms with van der Waals surface area (Å²) in [6.45, 7) is 0.966. The lowest BCUT2D eigenvalue weighted by molar-refractivity contribution is 0.112. The van der Waals surface area contributed by atoms with E-state index < -0.39 is 0 Å². The van der Waals surface area contributed by atoms with Gasteiger partial charge in [0.05, 0.1) is 17.4 Å². The quantitative estimate of drug-likeness (QED) is 0.833. The summed E-state index contributed by atoms with van der Waals surface area (Å²) < 4.78 is 2.10. The van der Waals surface area contributed by atoms with E-state index in [-0.39, 0.29) is 6.61 Å². The molecule has 0 saturated carbocycles. The molecule has 0 amide bonds. The third-order valence-electron chi connectivity index (χ3n) is 3.69. The van der Waals surface area contributed by atoms with Crippen LogP contribution in [0.1, 0.15) is 34.3 Å². The van der Waals surface area contributed by atoms with Gasteiger partial charge in [-0.05, 0) is 42.9 Å². The Kier molecular flexibility index (Phi) is 2.88. The normalized spacial score (nSPS) is 14.1. The molecular weight excluding hydrogens is 228 g/mol. The second-order valence-corrected chi connectivity index (χ2v) is 4.78. The lowest BCUT2D eigenvalue weighted by atomic mass is 10.0. The van der Waals surface area contributed by atoms with Crippen molar-refractivity contribution in [2.75, 3.05) is 6.61 Å². The molecule has 0 radical (unpaired) electrons. The smallest absolute Gasteiger partial charge is 0.150 e. The van der Waals surface area contributed by atoms with Crippen molar-refractivity contribution >= 4 is 17.3 Å². The molecule has 1 aliphatic carbocycles. The Bertz CT molecular complexity index is 601. The van der Waals surface area contributed by atoms with E-state index in [4.69, 9.17) is 5.11 Å². The lowest BCUT2D eigenvalue weighted by Gasteiger charge is -2.09. The molecular formula is C14H16N2O2. The summed E-state index contributed by atoms with van der Waals surface area (Å²) in [6.07, 6.45) is 6.61. The van der Waals surface area contributed by atoms with E-state index in [9.17, 15) is 4.79 Å². The predicted octanol–water partition coefficient (Wildman–Crippen LogP) is 1.72. The van der Waals surface area contributed by atoms with Crippen LogP contribution in [0.5, 0.6) is 0 Å². The van der Waals surface area contributed by atoms with E-state index in [1.54, 1.807) is 0 Å². The zero-order chi connectivity index (χ0) is 12.5. The summed E-state index contributed by atoms with van der Waals surface area (Å²) in [7, 11) is 0. The number of hydrogen-bond donors (Lipinski definition) is 1. The van der Waals surface area contributed by atoms with Gasteiger partial charge in [0.15, 0.2) is 0 Å². The van der Waals surface area contributed by atoms with Gasteiger partial charge in [0.2, 0.25) is 0 Å². The van der Waals surface area contributed by atoms with E-state index >= 15 is 0 Å². The van der Waals surface area contributed by atoms with Gasteiger partial charge in [-0.1, -0.05) is 0 Å². The van der Waals surface area contributed by atoms with Crippen LogP contribution in [0.4, 0.5) is 0 Å². The number of aryl methyl sites for hydroxylation is 2. The second kappa shape index (κ2) is 4.53. The molecule has 2 aromatic rings. The summed E-state index contributed by atoms with van der Waals surface area (Å²) in [5.74, 6) is 0. The maximum atomic E-state index is 11.1. The largest absolute Gasteiger partial charge is 0.396 e. The van der Waals surface area contributed by atoms with Gasteiger partial charge in [-0.15, -0.1) is 0 Å². The third kappa shape index (κ3) is 1.64. The molecule has 1 aliphatic rings. The van der Waals surface area contributed by atoms with Gasteiger partial charge in [-0.3, -0.25) is 4.79 Å². The molecule has 18 heavy (non-hydrogen) atoms. The van der Waals surface area contributed by atoms with Crippen LogP contribution in [0.15, 0.2) is 12.4 Å². The van der Waals surface area contributed by atoms with E-state index in [1.807, 2.05) is 12.4 Å². The maximum Gasteiger partial charge on any atom is 0.150 e. The van der Waals surface area contributed by atoms with Gasteiger partial charge in [0, 0.05) is 18.7 Å². The number of fused-ring (bicyclic) bond motifs is 3. The minimum absolute atomic E-state index is 0.189. The average molecular weight is 244 g/mol. The van der Waals surface area contributed by atoms with Crippen LogP contribution in [-0.4, -0.2) is 27.6 Å². The average Bonchev–Trinajstić information content (AvgIpc) is 3.01. The lowest BCUT2D eigenvalue weighted by Crippen LogP contribution is -2.01. The van der Waals surface area contributed by atoms with Crippen LogP contribution in [0.2, 0.25) is 0 Å². The number of nitrogens with zero attached hydrogens (tertiary/aromatic N) is 2. The van der Waals surface area contributed by atoms with Crippen molar-refractivity contribution < 1.29 is 9.90 Å². The second-order valence-electron chi connectivity index (χ2n) is 4.78. The highest BCUT2D eigenvalue weighted by molar-refractivity contribution is 5.90. The van der Waals surface area contributed by atoms with Gasteiger partial charge in [0.1, 0.15) is 6.29 Å². The van der Waals surface area contributed by atoms with Crippen LogP contribution in [0.3, 0.4) is 0 Å². The third-order valence-corrected chi connectivity index (χ3v) is 3.69. The Balaban J connectivity index is 2.19. The first-order valence-corrected chi connectivity index (χ1v) is 6.40. The summed E-state index contributed by atoms with van der Waals surface area (Å²) in [5, 5.41) is 8.93. The zero-order valence-corrected chi connectivity index (χ0v) is 10.2. The van der Waals surface area contributed by atoms with Crippen molar-refractivity contribution in [2.45, 2.75) is 32.2 Å². The van der Waals surface area contributed by atoms with Gasteiger partial charge in [0.25, 0.3) is 0 Å². The number of hydrogen-bond acceptors (Lipinski definition) is 3. The Labute approximate surface area is 105 Å². The number of carbonyl (C=O) groups is 1. The maximum absolute atomic E-state index is 11.1. The number of aromatic nitrogens is 2. The van der Waals surface area contributed by atoms with Gasteiger partial charge in [-0.2, -0.15) is 0 Å². The SMILES string of the molecule is O=Cc1cc2ncn(CCCO)c2c2c1CCC2. The summed E-state index contributed by atoms with van der Waals surface area (Å²) in [5.41, 5.74) is 5.33. The molecule has 0 atom stereocenters. The van der Waals surface area contributed by atoms with Crippen LogP contribution in [-0.2, 0) is 19.4 Å². The molecule has 0 unspecified atom stereocenters. The van der Waals surface area contributed by atoms with Crippen LogP contribution < -0.4 is 0 Å². The Morgan fingerprint density at radius 2 is 2.22 bits per heavy atom. The van der Waals surface area contributed by atoms with Gasteiger partial charge >= 0.3 is 0 Å². The van der Waals surface area contributed by atoms with Crippen molar-refractivity contribution in [3.8, 4) is 0 Å². The summed E-state index contributed by atoms with van der Waals surface area (Å²) in [4.78, 5) is 15.5. The highest BCUT2D eigenvalue weighted by Crippen LogP contribution is 2.32. The van der Waals surface area contributed by atoms with E-state index in [0.717, 1.165) is 55.1 Å². The van der Waals surface area contributed by atoms with Crippen LogP contribution >= 0.6 is 0 Å². The molecule has 94 valence electrons. The number of rotatable bonds is 4. The molecule has 1 aromatic carbocycles. The molecule has 0 saturated heterocycles. The molecule has 0 spiro atoms. The molecule has 0 fully saturated rings. The minimum Gasteiger partial charge on any atom is -0.396 e. The molecule has 1 aromatic heterocycles. The first-order valence-electron chi connectivity index (χ1n) is 6.40. The Morgan fingerprint density at radius 3 is 3.00 bits per heavy atom. The monoisotopic (exact) mass is 244 g/mol. The number of carbonyl (C=O) groups excluding carboxylic acids is 1. The highest BCUT2D eigenvalue weighted by atomic mass is 16.3. The Hall–Kier alpha value is -1.68. The van der Waals surface area contributed by atoms with Crippen LogP contribution in [0.25, 0.3) is 11.0 Å². The van der Waals surface area contributed by atoms with Crippen molar-refractivity contribution in [2.24, 2.45) is 0 Å². The minimum atomic E-state index is 0.189.